The van der Waals surface area contributed by atoms with E-state index in [0.717, 1.165) is 42.3 Å². The number of nitrogens with zero attached hydrogens (tertiary/aromatic N) is 1. The fourth-order valence-corrected chi connectivity index (χ4v) is 10.3. The van der Waals surface area contributed by atoms with Crippen LogP contribution >= 0.6 is 0 Å². The smallest absolute Gasteiger partial charge is 0.485 e. The molecule has 0 aromatic carbocycles. The average Bonchev–Trinajstić information content (AvgIpc) is 3.10. The first-order valence-electron chi connectivity index (χ1n) is 15.0. The molecule has 4 aliphatic rings. The summed E-state index contributed by atoms with van der Waals surface area (Å²) in [5, 5.41) is 10.8. The van der Waals surface area contributed by atoms with Gasteiger partial charge in [0.15, 0.2) is 10.1 Å². The third-order valence-corrected chi connectivity index (χ3v) is 13.5. The van der Waals surface area contributed by atoms with Gasteiger partial charge in [-0.15, -0.1) is 0 Å². The van der Waals surface area contributed by atoms with Gasteiger partial charge in [-0.3, -0.25) is 10.3 Å². The van der Waals surface area contributed by atoms with Gasteiger partial charge >= 0.3 is 5.51 Å². The largest absolute Gasteiger partial charge is 0.741 e. The normalized spacial score (nSPS) is 41.5. The summed E-state index contributed by atoms with van der Waals surface area (Å²) in [6.07, 6.45) is 12.7. The van der Waals surface area contributed by atoms with Crippen molar-refractivity contribution in [2.24, 2.45) is 57.0 Å². The molecule has 7 unspecified atom stereocenters. The molecule has 4 aliphatic carbocycles. The lowest BCUT2D eigenvalue weighted by Gasteiger charge is -2.67. The Morgan fingerprint density at radius 2 is 1.52 bits per heavy atom. The van der Waals surface area contributed by atoms with Crippen molar-refractivity contribution in [1.82, 2.24) is 0 Å². The Morgan fingerprint density at radius 3 is 2.05 bits per heavy atom. The number of hydrogen-bond acceptors (Lipinski definition) is 4. The van der Waals surface area contributed by atoms with Crippen LogP contribution in [0.25, 0.3) is 0 Å². The highest BCUT2D eigenvalue weighted by atomic mass is 32.2. The first kappa shape index (κ1) is 33.6. The van der Waals surface area contributed by atoms with Crippen LogP contribution in [0.4, 0.5) is 13.2 Å². The zero-order valence-electron chi connectivity index (χ0n) is 25.8. The molecule has 4 fully saturated rings. The van der Waals surface area contributed by atoms with Crippen molar-refractivity contribution in [3.8, 4) is 0 Å². The third kappa shape index (κ3) is 5.59. The summed E-state index contributed by atoms with van der Waals surface area (Å²) < 4.78 is 61.0. The molecule has 0 spiro atoms. The maximum Gasteiger partial charge on any atom is 0.485 e. The van der Waals surface area contributed by atoms with Crippen molar-refractivity contribution in [2.45, 2.75) is 117 Å². The Kier molecular flexibility index (Phi) is 9.25. The summed E-state index contributed by atoms with van der Waals surface area (Å²) >= 11 is 0. The fourth-order valence-electron chi connectivity index (χ4n) is 10.3. The minimum Gasteiger partial charge on any atom is -0.741 e. The molecular weight excluding hydrogens is 541 g/mol. The molecule has 0 bridgehead atoms. The lowest BCUT2D eigenvalue weighted by atomic mass is 9.38. The van der Waals surface area contributed by atoms with Crippen LogP contribution in [0.5, 0.6) is 0 Å². The number of rotatable bonds is 4. The van der Waals surface area contributed by atoms with E-state index >= 15 is 0 Å². The lowest BCUT2D eigenvalue weighted by molar-refractivity contribution is -0.466. The van der Waals surface area contributed by atoms with Crippen molar-refractivity contribution < 1.29 is 35.8 Å². The van der Waals surface area contributed by atoms with Crippen LogP contribution in [0, 0.1) is 51.2 Å². The number of halogens is 3. The van der Waals surface area contributed by atoms with E-state index in [1.165, 1.54) is 51.4 Å². The van der Waals surface area contributed by atoms with Crippen molar-refractivity contribution in [3.05, 3.63) is 0 Å². The molecule has 4 saturated carbocycles. The van der Waals surface area contributed by atoms with Gasteiger partial charge in [-0.1, -0.05) is 41.5 Å². The molecule has 10 heteroatoms. The quantitative estimate of drug-likeness (QED) is 0.134. The predicted octanol–water partition coefficient (Wildman–Crippen LogP) is 6.13. The topological polar surface area (TPSA) is 106 Å². The number of amidine groups is 1. The van der Waals surface area contributed by atoms with Crippen LogP contribution < -0.4 is 5.73 Å². The molecular formula is C30H53F3N2O4S. The van der Waals surface area contributed by atoms with Gasteiger partial charge in [-0.25, -0.2) is 8.42 Å². The molecule has 234 valence electrons. The highest BCUT2D eigenvalue weighted by Gasteiger charge is 2.67. The van der Waals surface area contributed by atoms with Crippen LogP contribution in [0.15, 0.2) is 0 Å². The van der Waals surface area contributed by atoms with Gasteiger partial charge in [0, 0.05) is 6.42 Å². The van der Waals surface area contributed by atoms with Gasteiger partial charge in [0.2, 0.25) is 5.84 Å². The highest BCUT2D eigenvalue weighted by molar-refractivity contribution is 7.86. The first-order chi connectivity index (χ1) is 18.0. The van der Waals surface area contributed by atoms with Crippen LogP contribution in [0.3, 0.4) is 0 Å². The molecule has 0 aromatic rings. The summed E-state index contributed by atoms with van der Waals surface area (Å²) in [5.74, 6) is 4.99. The first-order valence-corrected chi connectivity index (χ1v) is 16.4. The molecule has 0 radical (unpaired) electrons. The zero-order valence-corrected chi connectivity index (χ0v) is 26.6. The number of aliphatic hydroxyl groups is 1. The third-order valence-electron chi connectivity index (χ3n) is 12.9. The molecule has 0 aliphatic heterocycles. The number of fused-ring (bicyclic) bond motifs is 5. The highest BCUT2D eigenvalue weighted by Crippen LogP contribution is 2.74. The lowest BCUT2D eigenvalue weighted by Crippen LogP contribution is -2.61. The van der Waals surface area contributed by atoms with E-state index in [9.17, 15) is 18.3 Å². The van der Waals surface area contributed by atoms with Crippen LogP contribution in [0.2, 0.25) is 0 Å². The SMILES string of the molecule is C[C@H](CCC(N)=[N+](C)C)C1CC[C@@]2(C)C3CCC4C(C)(C)C(O)CCC4(C)C3CCC12C.O=S(=O)([O-])C(F)(F)F. The van der Waals surface area contributed by atoms with Crippen LogP contribution in [-0.4, -0.2) is 54.2 Å². The second-order valence-corrected chi connectivity index (χ2v) is 16.4. The van der Waals surface area contributed by atoms with Gasteiger partial charge in [-0.05, 0) is 109 Å². The van der Waals surface area contributed by atoms with E-state index in [2.05, 4.69) is 60.2 Å². The summed E-state index contributed by atoms with van der Waals surface area (Å²) in [5.41, 5.74) is 2.04. The Hall–Kier alpha value is -0.870. The van der Waals surface area contributed by atoms with Gasteiger partial charge in [-0.2, -0.15) is 13.2 Å². The average molecular weight is 595 g/mol. The van der Waals surface area contributed by atoms with Crippen LogP contribution in [0.1, 0.15) is 106 Å². The van der Waals surface area contributed by atoms with Gasteiger partial charge in [0.05, 0.1) is 20.2 Å². The summed E-state index contributed by atoms with van der Waals surface area (Å²) in [6, 6.07) is 0. The van der Waals surface area contributed by atoms with Crippen molar-refractivity contribution >= 4 is 16.0 Å². The van der Waals surface area contributed by atoms with E-state index in [-0.39, 0.29) is 11.5 Å². The Bertz CT molecular complexity index is 1070. The number of hydrogen-bond donors (Lipinski definition) is 2. The second-order valence-electron chi connectivity index (χ2n) is 15.0. The minimum atomic E-state index is -6.09. The molecule has 0 heterocycles. The monoisotopic (exact) mass is 594 g/mol. The van der Waals surface area contributed by atoms with Crippen molar-refractivity contribution in [3.63, 3.8) is 0 Å². The molecule has 4 rings (SSSR count). The molecule has 3 N–H and O–H groups in total. The van der Waals surface area contributed by atoms with Gasteiger partial charge < -0.3 is 9.66 Å². The summed E-state index contributed by atoms with van der Waals surface area (Å²) in [4.78, 5) is 0. The van der Waals surface area contributed by atoms with Gasteiger partial charge in [0.1, 0.15) is 0 Å². The number of aliphatic hydroxyl groups excluding tert-OH is 1. The fraction of sp³-hybridized carbons (Fsp3) is 0.967. The Balaban J connectivity index is 0.000000482. The summed E-state index contributed by atoms with van der Waals surface area (Å²) in [6.45, 7) is 15.2. The maximum atomic E-state index is 10.8. The molecule has 6 nitrogen and oxygen atoms in total. The minimum absolute atomic E-state index is 0.0647. The maximum absolute atomic E-state index is 10.8. The molecule has 0 amide bonds. The van der Waals surface area contributed by atoms with E-state index in [1.807, 2.05) is 0 Å². The summed E-state index contributed by atoms with van der Waals surface area (Å²) in [7, 11) is -1.96. The predicted molar refractivity (Wildman–Crippen MR) is 150 cm³/mol. The van der Waals surface area contributed by atoms with Gasteiger partial charge in [0.25, 0.3) is 0 Å². The molecule has 40 heavy (non-hydrogen) atoms. The second kappa shape index (κ2) is 11.0. The Morgan fingerprint density at radius 1 is 0.975 bits per heavy atom. The molecule has 0 saturated heterocycles. The van der Waals surface area contributed by atoms with E-state index in [1.54, 1.807) is 0 Å². The standard InChI is InChI=1S/C29H52N2O.CHF3O3S/c1-19(9-12-25(30)31(7)8)20-13-17-29(6)22-10-11-23-26(2,3)24(32)15-16-27(23,4)21(22)14-18-28(20,29)5;2-1(3,4)8(5,6)7/h19-24,30,32H,9-18H2,1-8H3;(H,5,6,7)/t19-,20?,21?,22?,23?,24?,27?,28?,29+;/m1./s1. The van der Waals surface area contributed by atoms with E-state index < -0.39 is 15.6 Å². The number of alkyl halides is 3. The van der Waals surface area contributed by atoms with E-state index in [0.29, 0.717) is 22.2 Å². The van der Waals surface area contributed by atoms with Crippen molar-refractivity contribution in [2.75, 3.05) is 14.1 Å². The molecule has 0 aromatic heterocycles. The van der Waals surface area contributed by atoms with E-state index in [4.69, 9.17) is 18.7 Å². The van der Waals surface area contributed by atoms with Crippen LogP contribution in [-0.2, 0) is 10.1 Å². The Labute approximate surface area is 240 Å². The van der Waals surface area contributed by atoms with Crippen molar-refractivity contribution in [1.29, 1.82) is 0 Å². The number of nitrogens with two attached hydrogens (primary N) is 1. The zero-order chi connectivity index (χ0) is 30.7. The molecule has 9 atom stereocenters.